The highest BCUT2D eigenvalue weighted by atomic mass is 16.5. The van der Waals surface area contributed by atoms with E-state index in [0.29, 0.717) is 19.2 Å². The number of methoxy groups -OCH3 is 1. The molecule has 1 rings (SSSR count). The lowest BCUT2D eigenvalue weighted by atomic mass is 10.2. The van der Waals surface area contributed by atoms with Crippen LogP contribution in [0.1, 0.15) is 13.3 Å². The van der Waals surface area contributed by atoms with E-state index in [2.05, 4.69) is 16.0 Å². The van der Waals surface area contributed by atoms with Crippen LogP contribution in [0.25, 0.3) is 0 Å². The van der Waals surface area contributed by atoms with Crippen molar-refractivity contribution in [1.82, 2.24) is 16.0 Å². The van der Waals surface area contributed by atoms with Crippen molar-refractivity contribution in [2.24, 2.45) is 0 Å². The molecule has 1 heterocycles. The zero-order chi connectivity index (χ0) is 11.1. The molecule has 5 heteroatoms. The molecule has 0 saturated carbocycles. The fourth-order valence-electron chi connectivity index (χ4n) is 1.66. The zero-order valence-corrected chi connectivity index (χ0v) is 9.51. The van der Waals surface area contributed by atoms with Gasteiger partial charge in [0.25, 0.3) is 0 Å². The second-order valence-electron chi connectivity index (χ2n) is 3.86. The first kappa shape index (κ1) is 12.4. The Balaban J connectivity index is 2.14. The van der Waals surface area contributed by atoms with Gasteiger partial charge in [-0.15, -0.1) is 0 Å². The van der Waals surface area contributed by atoms with Gasteiger partial charge in [0.2, 0.25) is 5.91 Å². The normalized spacial score (nSPS) is 22.7. The highest BCUT2D eigenvalue weighted by Crippen LogP contribution is 1.98. The third-order valence-electron chi connectivity index (χ3n) is 2.54. The van der Waals surface area contributed by atoms with Crippen LogP contribution in [-0.2, 0) is 9.53 Å². The van der Waals surface area contributed by atoms with Gasteiger partial charge in [-0.25, -0.2) is 0 Å². The molecule has 0 aliphatic carbocycles. The van der Waals surface area contributed by atoms with Gasteiger partial charge in [0, 0.05) is 26.2 Å². The first-order chi connectivity index (χ1) is 7.24. The minimum atomic E-state index is -0.133. The van der Waals surface area contributed by atoms with E-state index < -0.39 is 0 Å². The summed E-state index contributed by atoms with van der Waals surface area (Å²) < 4.78 is 4.86. The number of hydrogen-bond donors (Lipinski definition) is 3. The molecule has 1 saturated heterocycles. The van der Waals surface area contributed by atoms with Crippen LogP contribution in [0, 0.1) is 0 Å². The Hall–Kier alpha value is -0.650. The van der Waals surface area contributed by atoms with Crippen molar-refractivity contribution >= 4 is 5.91 Å². The first-order valence-corrected chi connectivity index (χ1v) is 5.47. The molecule has 1 amide bonds. The lowest BCUT2D eigenvalue weighted by molar-refractivity contribution is -0.123. The molecule has 1 aliphatic heterocycles. The summed E-state index contributed by atoms with van der Waals surface area (Å²) in [7, 11) is 1.62. The van der Waals surface area contributed by atoms with Gasteiger partial charge in [0.15, 0.2) is 0 Å². The lowest BCUT2D eigenvalue weighted by Crippen LogP contribution is -2.47. The Bertz CT molecular complexity index is 193. The van der Waals surface area contributed by atoms with Crippen LogP contribution in [0.15, 0.2) is 0 Å². The van der Waals surface area contributed by atoms with Gasteiger partial charge in [-0.3, -0.25) is 4.79 Å². The quantitative estimate of drug-likeness (QED) is 0.502. The van der Waals surface area contributed by atoms with Crippen molar-refractivity contribution in [2.45, 2.75) is 25.4 Å². The predicted molar refractivity (Wildman–Crippen MR) is 58.8 cm³/mol. The number of ether oxygens (including phenoxy) is 1. The Labute approximate surface area is 90.9 Å². The molecule has 1 aliphatic rings. The Morgan fingerprint density at radius 1 is 1.67 bits per heavy atom. The van der Waals surface area contributed by atoms with Crippen molar-refractivity contribution in [3.63, 3.8) is 0 Å². The van der Waals surface area contributed by atoms with Crippen molar-refractivity contribution in [1.29, 1.82) is 0 Å². The van der Waals surface area contributed by atoms with Gasteiger partial charge >= 0.3 is 0 Å². The molecule has 2 atom stereocenters. The number of carbonyl (C=O) groups is 1. The maximum absolute atomic E-state index is 11.6. The monoisotopic (exact) mass is 215 g/mol. The summed E-state index contributed by atoms with van der Waals surface area (Å²) >= 11 is 0. The molecule has 0 aromatic heterocycles. The molecule has 0 radical (unpaired) electrons. The van der Waals surface area contributed by atoms with Crippen LogP contribution in [0.3, 0.4) is 0 Å². The van der Waals surface area contributed by atoms with E-state index in [4.69, 9.17) is 4.74 Å². The summed E-state index contributed by atoms with van der Waals surface area (Å²) in [6.45, 7) is 5.01. The second kappa shape index (κ2) is 6.76. The van der Waals surface area contributed by atoms with Gasteiger partial charge in [-0.05, 0) is 19.9 Å². The average molecular weight is 215 g/mol. The number of carbonyl (C=O) groups excluding carboxylic acids is 1. The van der Waals surface area contributed by atoms with Gasteiger partial charge in [-0.1, -0.05) is 0 Å². The maximum Gasteiger partial charge on any atom is 0.236 e. The Kier molecular flexibility index (Phi) is 5.60. The number of amides is 1. The first-order valence-electron chi connectivity index (χ1n) is 5.47. The molecule has 0 aromatic carbocycles. The van der Waals surface area contributed by atoms with Crippen LogP contribution >= 0.6 is 0 Å². The zero-order valence-electron chi connectivity index (χ0n) is 9.51. The van der Waals surface area contributed by atoms with Crippen LogP contribution in [-0.4, -0.2) is 51.3 Å². The van der Waals surface area contributed by atoms with E-state index >= 15 is 0 Å². The van der Waals surface area contributed by atoms with Crippen molar-refractivity contribution < 1.29 is 9.53 Å². The van der Waals surface area contributed by atoms with Crippen LogP contribution in [0.4, 0.5) is 0 Å². The van der Waals surface area contributed by atoms with E-state index in [1.54, 1.807) is 7.11 Å². The largest absolute Gasteiger partial charge is 0.383 e. The van der Waals surface area contributed by atoms with Crippen molar-refractivity contribution in [3.8, 4) is 0 Å². The second-order valence-corrected chi connectivity index (χ2v) is 3.86. The highest BCUT2D eigenvalue weighted by Gasteiger charge is 2.19. The third kappa shape index (κ3) is 4.59. The standard InChI is InChI=1S/C10H21N3O2/c1-8(10(14)12-5-6-15-2)13-9-3-4-11-7-9/h8-9,11,13H,3-7H2,1-2H3,(H,12,14). The molecule has 0 bridgehead atoms. The molecular weight excluding hydrogens is 194 g/mol. The Morgan fingerprint density at radius 2 is 2.47 bits per heavy atom. The number of hydrogen-bond acceptors (Lipinski definition) is 4. The Morgan fingerprint density at radius 3 is 3.07 bits per heavy atom. The van der Waals surface area contributed by atoms with E-state index in [0.717, 1.165) is 19.5 Å². The van der Waals surface area contributed by atoms with Gasteiger partial charge in [0.05, 0.1) is 12.6 Å². The predicted octanol–water partition coefficient (Wildman–Crippen LogP) is -0.911. The van der Waals surface area contributed by atoms with Gasteiger partial charge in [0.1, 0.15) is 0 Å². The van der Waals surface area contributed by atoms with E-state index in [-0.39, 0.29) is 11.9 Å². The van der Waals surface area contributed by atoms with Crippen molar-refractivity contribution in [3.05, 3.63) is 0 Å². The average Bonchev–Trinajstić information content (AvgIpc) is 2.70. The molecule has 15 heavy (non-hydrogen) atoms. The van der Waals surface area contributed by atoms with Crippen LogP contribution in [0.2, 0.25) is 0 Å². The topological polar surface area (TPSA) is 62.4 Å². The molecular formula is C10H21N3O2. The van der Waals surface area contributed by atoms with Crippen LogP contribution in [0.5, 0.6) is 0 Å². The number of rotatable bonds is 6. The van der Waals surface area contributed by atoms with Crippen molar-refractivity contribution in [2.75, 3.05) is 33.4 Å². The minimum Gasteiger partial charge on any atom is -0.383 e. The summed E-state index contributed by atoms with van der Waals surface area (Å²) in [5.74, 6) is 0.0407. The number of nitrogens with one attached hydrogen (secondary N) is 3. The van der Waals surface area contributed by atoms with Gasteiger partial charge < -0.3 is 20.7 Å². The van der Waals surface area contributed by atoms with Crippen LogP contribution < -0.4 is 16.0 Å². The molecule has 1 fully saturated rings. The summed E-state index contributed by atoms with van der Waals surface area (Å²) in [5.41, 5.74) is 0. The highest BCUT2D eigenvalue weighted by molar-refractivity contribution is 5.81. The summed E-state index contributed by atoms with van der Waals surface area (Å²) in [6.07, 6.45) is 1.09. The van der Waals surface area contributed by atoms with E-state index in [9.17, 15) is 4.79 Å². The van der Waals surface area contributed by atoms with E-state index in [1.807, 2.05) is 6.92 Å². The molecule has 88 valence electrons. The minimum absolute atomic E-state index is 0.0407. The lowest BCUT2D eigenvalue weighted by Gasteiger charge is -2.18. The molecule has 0 aromatic rings. The fraction of sp³-hybridized carbons (Fsp3) is 0.900. The van der Waals surface area contributed by atoms with Gasteiger partial charge in [-0.2, -0.15) is 0 Å². The summed E-state index contributed by atoms with van der Waals surface area (Å²) in [6, 6.07) is 0.292. The molecule has 0 spiro atoms. The third-order valence-corrected chi connectivity index (χ3v) is 2.54. The molecule has 2 unspecified atom stereocenters. The smallest absolute Gasteiger partial charge is 0.236 e. The maximum atomic E-state index is 11.6. The fourth-order valence-corrected chi connectivity index (χ4v) is 1.66. The molecule has 5 nitrogen and oxygen atoms in total. The van der Waals surface area contributed by atoms with E-state index in [1.165, 1.54) is 0 Å². The summed E-state index contributed by atoms with van der Waals surface area (Å²) in [4.78, 5) is 11.6. The molecule has 3 N–H and O–H groups in total. The summed E-state index contributed by atoms with van der Waals surface area (Å²) in [5, 5.41) is 9.36. The SMILES string of the molecule is COCCNC(=O)C(C)NC1CCNC1.